The zero-order valence-corrected chi connectivity index (χ0v) is 11.6. The Bertz CT molecular complexity index is 453. The molecule has 0 fully saturated rings. The molecule has 0 atom stereocenters. The monoisotopic (exact) mass is 277 g/mol. The first kappa shape index (κ1) is 15.8. The van der Waals surface area contributed by atoms with Crippen molar-refractivity contribution in [3.63, 3.8) is 0 Å². The summed E-state index contributed by atoms with van der Waals surface area (Å²) in [5.41, 5.74) is 0.514. The Morgan fingerprint density at radius 2 is 2.00 bits per heavy atom. The maximum atomic E-state index is 11.8. The van der Waals surface area contributed by atoms with E-state index in [0.717, 1.165) is 0 Å². The summed E-state index contributed by atoms with van der Waals surface area (Å²) in [7, 11) is 0. The van der Waals surface area contributed by atoms with Crippen LogP contribution in [0.4, 0.5) is 0 Å². The molecule has 1 aromatic rings. The van der Waals surface area contributed by atoms with Gasteiger partial charge in [-0.1, -0.05) is 12.7 Å². The lowest BCUT2D eigenvalue weighted by Crippen LogP contribution is -2.26. The van der Waals surface area contributed by atoms with Gasteiger partial charge in [0.15, 0.2) is 0 Å². The molecule has 0 bridgehead atoms. The minimum Gasteiger partial charge on any atom is -0.490 e. The van der Waals surface area contributed by atoms with Crippen molar-refractivity contribution in [1.82, 2.24) is 5.32 Å². The molecule has 20 heavy (non-hydrogen) atoms. The molecule has 0 saturated carbocycles. The van der Waals surface area contributed by atoms with E-state index >= 15 is 0 Å². The molecule has 1 amide bonds. The second-order valence-electron chi connectivity index (χ2n) is 3.93. The van der Waals surface area contributed by atoms with Crippen molar-refractivity contribution in [2.45, 2.75) is 13.3 Å². The Morgan fingerprint density at radius 3 is 2.60 bits per heavy atom. The van der Waals surface area contributed by atoms with Crippen LogP contribution >= 0.6 is 0 Å². The van der Waals surface area contributed by atoms with Crippen LogP contribution in [0.2, 0.25) is 0 Å². The second-order valence-corrected chi connectivity index (χ2v) is 3.93. The molecule has 1 rings (SSSR count). The van der Waals surface area contributed by atoms with Crippen molar-refractivity contribution >= 4 is 11.9 Å². The third kappa shape index (κ3) is 5.56. The van der Waals surface area contributed by atoms with Crippen LogP contribution in [0.15, 0.2) is 36.9 Å². The molecule has 0 aliphatic rings. The average molecular weight is 277 g/mol. The highest BCUT2D eigenvalue weighted by molar-refractivity contribution is 5.94. The molecule has 1 aromatic carbocycles. The number of amides is 1. The summed E-state index contributed by atoms with van der Waals surface area (Å²) in [6, 6.07) is 6.75. The zero-order chi connectivity index (χ0) is 14.8. The fourth-order valence-electron chi connectivity index (χ4n) is 1.47. The number of carbonyl (C=O) groups excluding carboxylic acids is 2. The molecule has 0 aliphatic carbocycles. The largest absolute Gasteiger partial charge is 0.490 e. The molecule has 0 heterocycles. The van der Waals surface area contributed by atoms with Gasteiger partial charge in [0, 0.05) is 12.1 Å². The van der Waals surface area contributed by atoms with E-state index in [4.69, 9.17) is 9.47 Å². The number of nitrogens with one attached hydrogen (secondary N) is 1. The van der Waals surface area contributed by atoms with Crippen LogP contribution in [0.25, 0.3) is 0 Å². The van der Waals surface area contributed by atoms with Crippen molar-refractivity contribution in [3.8, 4) is 5.75 Å². The summed E-state index contributed by atoms with van der Waals surface area (Å²) in [5, 5.41) is 2.65. The maximum absolute atomic E-state index is 11.8. The summed E-state index contributed by atoms with van der Waals surface area (Å²) >= 11 is 0. The molecular weight excluding hydrogens is 258 g/mol. The molecule has 5 nitrogen and oxygen atoms in total. The van der Waals surface area contributed by atoms with Crippen LogP contribution in [0.5, 0.6) is 5.75 Å². The number of benzene rings is 1. The van der Waals surface area contributed by atoms with Gasteiger partial charge in [-0.25, -0.2) is 0 Å². The van der Waals surface area contributed by atoms with Gasteiger partial charge in [0.2, 0.25) is 0 Å². The molecule has 0 aromatic heterocycles. The summed E-state index contributed by atoms with van der Waals surface area (Å²) in [5.74, 6) is 0.124. The average Bonchev–Trinajstić information content (AvgIpc) is 2.46. The fourth-order valence-corrected chi connectivity index (χ4v) is 1.47. The summed E-state index contributed by atoms with van der Waals surface area (Å²) in [6.45, 7) is 6.32. The van der Waals surface area contributed by atoms with Gasteiger partial charge in [0.1, 0.15) is 12.4 Å². The van der Waals surface area contributed by atoms with Gasteiger partial charge in [-0.2, -0.15) is 0 Å². The Balaban J connectivity index is 2.39. The highest BCUT2D eigenvalue weighted by Crippen LogP contribution is 2.12. The molecule has 0 saturated heterocycles. The second kappa shape index (κ2) is 8.74. The first-order chi connectivity index (χ1) is 9.67. The van der Waals surface area contributed by atoms with Crippen molar-refractivity contribution in [2.24, 2.45) is 0 Å². The third-order valence-corrected chi connectivity index (χ3v) is 2.40. The third-order valence-electron chi connectivity index (χ3n) is 2.40. The summed E-state index contributed by atoms with van der Waals surface area (Å²) in [4.78, 5) is 22.9. The van der Waals surface area contributed by atoms with Gasteiger partial charge in [0.25, 0.3) is 5.91 Å². The zero-order valence-electron chi connectivity index (χ0n) is 11.6. The normalized spacial score (nSPS) is 9.65. The maximum Gasteiger partial charge on any atom is 0.307 e. The topological polar surface area (TPSA) is 64.6 Å². The lowest BCUT2D eigenvalue weighted by Gasteiger charge is -2.06. The van der Waals surface area contributed by atoms with E-state index in [9.17, 15) is 9.59 Å². The minimum absolute atomic E-state index is 0.167. The van der Waals surface area contributed by atoms with E-state index in [1.54, 1.807) is 37.3 Å². The number of carbonyl (C=O) groups is 2. The molecule has 0 aliphatic heterocycles. The Hall–Kier alpha value is -2.30. The highest BCUT2D eigenvalue weighted by atomic mass is 16.5. The van der Waals surface area contributed by atoms with E-state index < -0.39 is 0 Å². The van der Waals surface area contributed by atoms with E-state index in [1.807, 2.05) is 0 Å². The first-order valence-corrected chi connectivity index (χ1v) is 6.45. The Labute approximate surface area is 118 Å². The number of hydrogen-bond acceptors (Lipinski definition) is 4. The molecule has 1 N–H and O–H groups in total. The van der Waals surface area contributed by atoms with Crippen LogP contribution in [-0.4, -0.2) is 31.6 Å². The minimum atomic E-state index is -0.319. The van der Waals surface area contributed by atoms with Gasteiger partial charge < -0.3 is 14.8 Å². The molecule has 5 heteroatoms. The fraction of sp³-hybridized carbons (Fsp3) is 0.333. The quantitative estimate of drug-likeness (QED) is 0.582. The number of ether oxygens (including phenoxy) is 2. The predicted molar refractivity (Wildman–Crippen MR) is 75.7 cm³/mol. The van der Waals surface area contributed by atoms with Gasteiger partial charge in [-0.15, -0.1) is 0 Å². The van der Waals surface area contributed by atoms with Crippen molar-refractivity contribution in [1.29, 1.82) is 0 Å². The van der Waals surface area contributed by atoms with Gasteiger partial charge in [-0.05, 0) is 31.2 Å². The highest BCUT2D eigenvalue weighted by Gasteiger charge is 2.07. The van der Waals surface area contributed by atoms with E-state index in [0.29, 0.717) is 24.5 Å². The molecule has 108 valence electrons. The van der Waals surface area contributed by atoms with Crippen molar-refractivity contribution in [3.05, 3.63) is 42.5 Å². The number of rotatable bonds is 8. The SMILES string of the molecule is C=CCOc1ccc(C(=O)NCCC(=O)OCC)cc1. The molecule has 0 radical (unpaired) electrons. The van der Waals surface area contributed by atoms with Gasteiger partial charge in [0.05, 0.1) is 13.0 Å². The Kier molecular flexibility index (Phi) is 6.89. The van der Waals surface area contributed by atoms with Crippen LogP contribution in [0.3, 0.4) is 0 Å². The van der Waals surface area contributed by atoms with Gasteiger partial charge >= 0.3 is 5.97 Å². The van der Waals surface area contributed by atoms with E-state index in [2.05, 4.69) is 11.9 Å². The summed E-state index contributed by atoms with van der Waals surface area (Å²) < 4.78 is 10.1. The lowest BCUT2D eigenvalue weighted by atomic mass is 10.2. The lowest BCUT2D eigenvalue weighted by molar-refractivity contribution is -0.142. The van der Waals surface area contributed by atoms with Crippen molar-refractivity contribution in [2.75, 3.05) is 19.8 Å². The van der Waals surface area contributed by atoms with Crippen LogP contribution < -0.4 is 10.1 Å². The number of esters is 1. The van der Waals surface area contributed by atoms with Gasteiger partial charge in [-0.3, -0.25) is 9.59 Å². The van der Waals surface area contributed by atoms with Crippen LogP contribution in [-0.2, 0) is 9.53 Å². The van der Waals surface area contributed by atoms with Crippen molar-refractivity contribution < 1.29 is 19.1 Å². The van der Waals surface area contributed by atoms with Crippen LogP contribution in [0, 0.1) is 0 Å². The smallest absolute Gasteiger partial charge is 0.307 e. The number of hydrogen-bond donors (Lipinski definition) is 1. The predicted octanol–water partition coefficient (Wildman–Crippen LogP) is 1.93. The first-order valence-electron chi connectivity index (χ1n) is 6.45. The summed E-state index contributed by atoms with van der Waals surface area (Å²) in [6.07, 6.45) is 1.82. The van der Waals surface area contributed by atoms with Crippen LogP contribution in [0.1, 0.15) is 23.7 Å². The Morgan fingerprint density at radius 1 is 1.30 bits per heavy atom. The van der Waals surface area contributed by atoms with E-state index in [-0.39, 0.29) is 24.8 Å². The van der Waals surface area contributed by atoms with E-state index in [1.165, 1.54) is 0 Å². The molecular formula is C15H19NO4. The molecule has 0 spiro atoms. The molecule has 0 unspecified atom stereocenters. The standard InChI is InChI=1S/C15H19NO4/c1-3-11-20-13-7-5-12(6-8-13)15(18)16-10-9-14(17)19-4-2/h3,5-8H,1,4,9-11H2,2H3,(H,16,18).